The van der Waals surface area contributed by atoms with Crippen LogP contribution in [0.5, 0.6) is 0 Å². The molecule has 2 N–H and O–H groups in total. The summed E-state index contributed by atoms with van der Waals surface area (Å²) in [6.07, 6.45) is 3.49. The van der Waals surface area contributed by atoms with Crippen LogP contribution in [0.15, 0.2) is 30.6 Å². The van der Waals surface area contributed by atoms with Crippen LogP contribution in [-0.2, 0) is 23.2 Å². The highest BCUT2D eigenvalue weighted by atomic mass is 35.5. The van der Waals surface area contributed by atoms with Crippen molar-refractivity contribution in [2.75, 3.05) is 19.5 Å². The minimum absolute atomic E-state index is 0. The summed E-state index contributed by atoms with van der Waals surface area (Å²) in [6.45, 7) is 0.489. The zero-order chi connectivity index (χ0) is 17.1. The van der Waals surface area contributed by atoms with E-state index in [4.69, 9.17) is 4.74 Å². The fourth-order valence-electron chi connectivity index (χ4n) is 2.55. The van der Waals surface area contributed by atoms with E-state index in [0.717, 1.165) is 21.3 Å². The number of para-hydroxylation sites is 1. The van der Waals surface area contributed by atoms with E-state index >= 15 is 0 Å². The first-order valence-corrected chi connectivity index (χ1v) is 8.28. The standard InChI is InChI=1S/C16H19N5O2S.ClH/c1-17-14(11-7-18-21(2)8-11)15(22)20-16-19-13-10(9-23-3)5-4-6-12(13)24-16;/h4-8,14,17H,9H2,1-3H3,(H,19,20,22);1H. The molecular formula is C16H20ClN5O2S. The lowest BCUT2D eigenvalue weighted by molar-refractivity contribution is -0.118. The number of hydrogen-bond acceptors (Lipinski definition) is 6. The van der Waals surface area contributed by atoms with Gasteiger partial charge >= 0.3 is 0 Å². The van der Waals surface area contributed by atoms with E-state index in [9.17, 15) is 4.79 Å². The normalized spacial score (nSPS) is 12.0. The number of aromatic nitrogens is 3. The Kier molecular flexibility index (Phi) is 6.49. The fourth-order valence-corrected chi connectivity index (χ4v) is 3.46. The minimum atomic E-state index is -0.482. The maximum absolute atomic E-state index is 12.6. The van der Waals surface area contributed by atoms with Crippen molar-refractivity contribution in [2.45, 2.75) is 12.6 Å². The molecule has 1 amide bonds. The van der Waals surface area contributed by atoms with Gasteiger partial charge in [0.05, 0.1) is 23.0 Å². The molecular weight excluding hydrogens is 362 g/mol. The average molecular weight is 382 g/mol. The summed E-state index contributed by atoms with van der Waals surface area (Å²) in [4.78, 5) is 17.1. The van der Waals surface area contributed by atoms with Crippen molar-refractivity contribution in [2.24, 2.45) is 7.05 Å². The lowest BCUT2D eigenvalue weighted by atomic mass is 10.1. The number of halogens is 1. The molecule has 0 aliphatic rings. The number of hydrogen-bond donors (Lipinski definition) is 2. The first-order valence-electron chi connectivity index (χ1n) is 7.46. The van der Waals surface area contributed by atoms with Gasteiger partial charge in [0, 0.05) is 31.5 Å². The molecule has 0 saturated heterocycles. The molecule has 9 heteroatoms. The van der Waals surface area contributed by atoms with Crippen molar-refractivity contribution in [3.8, 4) is 0 Å². The molecule has 2 heterocycles. The Labute approximate surface area is 155 Å². The second-order valence-corrected chi connectivity index (χ2v) is 6.40. The molecule has 0 radical (unpaired) electrons. The molecule has 1 atom stereocenters. The number of fused-ring (bicyclic) bond motifs is 1. The SMILES string of the molecule is CNC(C(=O)Nc1nc2c(COC)cccc2s1)c1cnn(C)c1.Cl. The molecule has 1 aromatic carbocycles. The van der Waals surface area contributed by atoms with Crippen molar-refractivity contribution in [1.82, 2.24) is 20.1 Å². The Balaban J connectivity index is 0.00000225. The fraction of sp³-hybridized carbons (Fsp3) is 0.312. The van der Waals surface area contributed by atoms with Crippen LogP contribution in [0.25, 0.3) is 10.2 Å². The van der Waals surface area contributed by atoms with Gasteiger partial charge in [0.15, 0.2) is 5.13 Å². The highest BCUT2D eigenvalue weighted by Crippen LogP contribution is 2.29. The van der Waals surface area contributed by atoms with Crippen LogP contribution in [-0.4, -0.2) is 34.8 Å². The van der Waals surface area contributed by atoms with E-state index in [-0.39, 0.29) is 18.3 Å². The number of rotatable bonds is 6. The average Bonchev–Trinajstić information content (AvgIpc) is 3.15. The second kappa shape index (κ2) is 8.39. The van der Waals surface area contributed by atoms with Gasteiger partial charge in [-0.15, -0.1) is 12.4 Å². The first-order chi connectivity index (χ1) is 11.6. The van der Waals surface area contributed by atoms with Crippen LogP contribution in [0.4, 0.5) is 5.13 Å². The van der Waals surface area contributed by atoms with E-state index in [1.165, 1.54) is 11.3 Å². The van der Waals surface area contributed by atoms with Crippen LogP contribution in [0.3, 0.4) is 0 Å². The summed E-state index contributed by atoms with van der Waals surface area (Å²) in [5.74, 6) is -0.169. The third-order valence-electron chi connectivity index (χ3n) is 3.64. The van der Waals surface area contributed by atoms with Crippen LogP contribution in [0.2, 0.25) is 0 Å². The highest BCUT2D eigenvalue weighted by Gasteiger charge is 2.21. The molecule has 134 valence electrons. The van der Waals surface area contributed by atoms with E-state index < -0.39 is 6.04 Å². The second-order valence-electron chi connectivity index (χ2n) is 5.37. The van der Waals surface area contributed by atoms with E-state index in [2.05, 4.69) is 20.7 Å². The molecule has 2 aromatic heterocycles. The molecule has 0 saturated carbocycles. The Morgan fingerprint density at radius 3 is 2.88 bits per heavy atom. The maximum Gasteiger partial charge on any atom is 0.247 e. The molecule has 25 heavy (non-hydrogen) atoms. The van der Waals surface area contributed by atoms with E-state index in [0.29, 0.717) is 11.7 Å². The lowest BCUT2D eigenvalue weighted by Gasteiger charge is -2.12. The zero-order valence-corrected chi connectivity index (χ0v) is 15.8. The van der Waals surface area contributed by atoms with Crippen LogP contribution in [0.1, 0.15) is 17.2 Å². The third-order valence-corrected chi connectivity index (χ3v) is 4.58. The molecule has 3 rings (SSSR count). The topological polar surface area (TPSA) is 81.1 Å². The molecule has 3 aromatic rings. The highest BCUT2D eigenvalue weighted by molar-refractivity contribution is 7.22. The predicted molar refractivity (Wildman–Crippen MR) is 101 cm³/mol. The maximum atomic E-state index is 12.6. The van der Waals surface area contributed by atoms with Crippen LogP contribution >= 0.6 is 23.7 Å². The van der Waals surface area contributed by atoms with Gasteiger partial charge in [0.1, 0.15) is 6.04 Å². The van der Waals surface area contributed by atoms with Crippen LogP contribution < -0.4 is 10.6 Å². The lowest BCUT2D eigenvalue weighted by Crippen LogP contribution is -2.30. The number of thiazole rings is 1. The number of amides is 1. The van der Waals surface area contributed by atoms with Gasteiger partial charge in [0.2, 0.25) is 5.91 Å². The number of nitrogens with zero attached hydrogens (tertiary/aromatic N) is 3. The van der Waals surface area contributed by atoms with Crippen molar-refractivity contribution in [3.05, 3.63) is 41.7 Å². The van der Waals surface area contributed by atoms with Gasteiger partial charge in [-0.25, -0.2) is 4.98 Å². The minimum Gasteiger partial charge on any atom is -0.380 e. The van der Waals surface area contributed by atoms with Crippen molar-refractivity contribution >= 4 is 45.0 Å². The summed E-state index contributed by atoms with van der Waals surface area (Å²) >= 11 is 1.45. The smallest absolute Gasteiger partial charge is 0.247 e. The van der Waals surface area contributed by atoms with Crippen LogP contribution in [0, 0.1) is 0 Å². The van der Waals surface area contributed by atoms with Gasteiger partial charge in [-0.05, 0) is 13.1 Å². The number of likely N-dealkylation sites (N-methyl/N-ethyl adjacent to an activating group) is 1. The summed E-state index contributed by atoms with van der Waals surface area (Å²) in [7, 11) is 5.21. The summed E-state index contributed by atoms with van der Waals surface area (Å²) < 4.78 is 7.88. The predicted octanol–water partition coefficient (Wildman–Crippen LogP) is 2.50. The number of benzene rings is 1. The summed E-state index contributed by atoms with van der Waals surface area (Å²) in [6, 6.07) is 5.44. The number of ether oxygens (including phenoxy) is 1. The number of anilines is 1. The van der Waals surface area contributed by atoms with E-state index in [1.807, 2.05) is 31.4 Å². The summed E-state index contributed by atoms with van der Waals surface area (Å²) in [5, 5.41) is 10.6. The van der Waals surface area contributed by atoms with Crippen molar-refractivity contribution < 1.29 is 9.53 Å². The molecule has 0 bridgehead atoms. The van der Waals surface area contributed by atoms with E-state index in [1.54, 1.807) is 25.0 Å². The molecule has 0 aliphatic carbocycles. The Morgan fingerprint density at radius 2 is 2.24 bits per heavy atom. The number of nitrogens with one attached hydrogen (secondary N) is 2. The van der Waals surface area contributed by atoms with Crippen molar-refractivity contribution in [1.29, 1.82) is 0 Å². The van der Waals surface area contributed by atoms with Gasteiger partial charge in [-0.1, -0.05) is 23.5 Å². The Morgan fingerprint density at radius 1 is 1.44 bits per heavy atom. The van der Waals surface area contributed by atoms with Gasteiger partial charge in [0.25, 0.3) is 0 Å². The summed E-state index contributed by atoms with van der Waals surface area (Å²) in [5.41, 5.74) is 2.67. The Hall–Kier alpha value is -2.00. The molecule has 7 nitrogen and oxygen atoms in total. The van der Waals surface area contributed by atoms with Gasteiger partial charge in [-0.2, -0.15) is 5.10 Å². The monoisotopic (exact) mass is 381 g/mol. The molecule has 0 fully saturated rings. The number of carbonyl (C=O) groups is 1. The Bertz CT molecular complexity index is 863. The van der Waals surface area contributed by atoms with Crippen molar-refractivity contribution in [3.63, 3.8) is 0 Å². The number of methoxy groups -OCH3 is 1. The largest absolute Gasteiger partial charge is 0.380 e. The first kappa shape index (κ1) is 19.3. The quantitative estimate of drug-likeness (QED) is 0.685. The third kappa shape index (κ3) is 4.16. The van der Waals surface area contributed by atoms with Gasteiger partial charge < -0.3 is 15.4 Å². The number of aryl methyl sites for hydroxylation is 1. The number of carbonyl (C=O) groups excluding carboxylic acids is 1. The van der Waals surface area contributed by atoms with Gasteiger partial charge in [-0.3, -0.25) is 9.48 Å². The molecule has 0 spiro atoms. The zero-order valence-electron chi connectivity index (χ0n) is 14.1. The molecule has 0 aliphatic heterocycles. The molecule has 1 unspecified atom stereocenters.